The van der Waals surface area contributed by atoms with Crippen LogP contribution in [0.2, 0.25) is 0 Å². The number of nitrogens with one attached hydrogen (secondary N) is 1. The lowest BCUT2D eigenvalue weighted by Crippen LogP contribution is -2.35. The Bertz CT molecular complexity index is 225. The van der Waals surface area contributed by atoms with Crippen LogP contribution in [0.5, 0.6) is 0 Å². The van der Waals surface area contributed by atoms with E-state index >= 15 is 0 Å². The molecular formula is C14H27NO. The summed E-state index contributed by atoms with van der Waals surface area (Å²) in [5, 5.41) is 12.4. The fourth-order valence-corrected chi connectivity index (χ4v) is 2.57. The minimum Gasteiger partial charge on any atom is -0.396 e. The molecule has 0 radical (unpaired) electrons. The van der Waals surface area contributed by atoms with Gasteiger partial charge in [-0.2, -0.15) is 0 Å². The van der Waals surface area contributed by atoms with Gasteiger partial charge in [-0.15, -0.1) is 0 Å². The van der Waals surface area contributed by atoms with Gasteiger partial charge in [0.1, 0.15) is 0 Å². The highest BCUT2D eigenvalue weighted by molar-refractivity contribution is 5.09. The average molecular weight is 225 g/mol. The molecule has 3 atom stereocenters. The first-order valence-electron chi connectivity index (χ1n) is 6.66. The van der Waals surface area contributed by atoms with E-state index in [1.54, 1.807) is 5.57 Å². The normalized spacial score (nSPS) is 27.6. The van der Waals surface area contributed by atoms with Crippen molar-refractivity contribution >= 4 is 0 Å². The summed E-state index contributed by atoms with van der Waals surface area (Å²) in [5.41, 5.74) is 1.56. The molecule has 2 heteroatoms. The van der Waals surface area contributed by atoms with Gasteiger partial charge < -0.3 is 10.4 Å². The highest BCUT2D eigenvalue weighted by Crippen LogP contribution is 2.29. The third kappa shape index (κ3) is 4.26. The first-order valence-corrected chi connectivity index (χ1v) is 6.66. The van der Waals surface area contributed by atoms with Crippen LogP contribution in [-0.2, 0) is 0 Å². The van der Waals surface area contributed by atoms with E-state index in [0.29, 0.717) is 18.6 Å². The summed E-state index contributed by atoms with van der Waals surface area (Å²) in [6.07, 6.45) is 6.95. The molecule has 1 rings (SSSR count). The number of hydrogen-bond donors (Lipinski definition) is 2. The second-order valence-corrected chi connectivity index (χ2v) is 5.28. The first kappa shape index (κ1) is 13.7. The molecule has 2 N–H and O–H groups in total. The zero-order valence-corrected chi connectivity index (χ0v) is 11.0. The van der Waals surface area contributed by atoms with Crippen molar-refractivity contribution in [3.8, 4) is 0 Å². The van der Waals surface area contributed by atoms with Crippen LogP contribution in [-0.4, -0.2) is 24.3 Å². The lowest BCUT2D eigenvalue weighted by Gasteiger charge is -2.30. The minimum absolute atomic E-state index is 0.310. The lowest BCUT2D eigenvalue weighted by molar-refractivity contribution is 0.272. The van der Waals surface area contributed by atoms with Crippen LogP contribution in [0.1, 0.15) is 46.5 Å². The highest BCUT2D eigenvalue weighted by atomic mass is 16.2. The Morgan fingerprint density at radius 2 is 2.31 bits per heavy atom. The van der Waals surface area contributed by atoms with Crippen LogP contribution < -0.4 is 5.32 Å². The second-order valence-electron chi connectivity index (χ2n) is 5.28. The topological polar surface area (TPSA) is 32.3 Å². The van der Waals surface area contributed by atoms with Crippen molar-refractivity contribution in [2.24, 2.45) is 11.8 Å². The van der Waals surface area contributed by atoms with E-state index in [2.05, 4.69) is 32.2 Å². The van der Waals surface area contributed by atoms with Gasteiger partial charge in [0.05, 0.1) is 0 Å². The first-order chi connectivity index (χ1) is 7.65. The van der Waals surface area contributed by atoms with E-state index in [0.717, 1.165) is 25.3 Å². The van der Waals surface area contributed by atoms with Crippen LogP contribution in [0, 0.1) is 11.8 Å². The SMILES string of the molecule is CC1=CCC[C@@H](C)[C@H]1CN[C@@H](C)CCCO. The largest absolute Gasteiger partial charge is 0.396 e. The van der Waals surface area contributed by atoms with Gasteiger partial charge in [0.25, 0.3) is 0 Å². The molecule has 94 valence electrons. The molecular weight excluding hydrogens is 198 g/mol. The molecule has 0 aromatic rings. The highest BCUT2D eigenvalue weighted by Gasteiger charge is 2.21. The van der Waals surface area contributed by atoms with Crippen LogP contribution in [0.4, 0.5) is 0 Å². The van der Waals surface area contributed by atoms with Gasteiger partial charge >= 0.3 is 0 Å². The van der Waals surface area contributed by atoms with Crippen molar-refractivity contribution in [3.05, 3.63) is 11.6 Å². The molecule has 0 saturated carbocycles. The fourth-order valence-electron chi connectivity index (χ4n) is 2.57. The molecule has 0 amide bonds. The Balaban J connectivity index is 2.30. The van der Waals surface area contributed by atoms with E-state index in [4.69, 9.17) is 5.11 Å². The molecule has 0 bridgehead atoms. The minimum atomic E-state index is 0.310. The summed E-state index contributed by atoms with van der Waals surface area (Å²) in [5.74, 6) is 1.52. The van der Waals surface area contributed by atoms with E-state index < -0.39 is 0 Å². The number of aliphatic hydroxyl groups excluding tert-OH is 1. The van der Waals surface area contributed by atoms with Crippen LogP contribution in [0.15, 0.2) is 11.6 Å². The zero-order chi connectivity index (χ0) is 12.0. The molecule has 0 unspecified atom stereocenters. The molecule has 16 heavy (non-hydrogen) atoms. The summed E-state index contributed by atoms with van der Waals surface area (Å²) < 4.78 is 0. The number of hydrogen-bond acceptors (Lipinski definition) is 2. The fraction of sp³-hybridized carbons (Fsp3) is 0.857. The molecule has 0 heterocycles. The monoisotopic (exact) mass is 225 g/mol. The van der Waals surface area contributed by atoms with E-state index in [1.165, 1.54) is 12.8 Å². The summed E-state index contributed by atoms with van der Waals surface area (Å²) in [6.45, 7) is 8.24. The molecule has 0 aliphatic heterocycles. The zero-order valence-electron chi connectivity index (χ0n) is 11.0. The van der Waals surface area contributed by atoms with Crippen LogP contribution >= 0.6 is 0 Å². The van der Waals surface area contributed by atoms with Crippen LogP contribution in [0.3, 0.4) is 0 Å². The van der Waals surface area contributed by atoms with Gasteiger partial charge in [-0.1, -0.05) is 18.6 Å². The van der Waals surface area contributed by atoms with Gasteiger partial charge in [0.15, 0.2) is 0 Å². The van der Waals surface area contributed by atoms with Crippen LogP contribution in [0.25, 0.3) is 0 Å². The van der Waals surface area contributed by atoms with Crippen molar-refractivity contribution in [1.29, 1.82) is 0 Å². The van der Waals surface area contributed by atoms with Crippen molar-refractivity contribution in [1.82, 2.24) is 5.32 Å². The number of aliphatic hydroxyl groups is 1. The van der Waals surface area contributed by atoms with Gasteiger partial charge in [-0.25, -0.2) is 0 Å². The third-order valence-corrected chi connectivity index (χ3v) is 3.84. The predicted octanol–water partition coefficient (Wildman–Crippen LogP) is 2.73. The quantitative estimate of drug-likeness (QED) is 0.681. The van der Waals surface area contributed by atoms with Crippen molar-refractivity contribution in [3.63, 3.8) is 0 Å². The predicted molar refractivity (Wildman–Crippen MR) is 69.4 cm³/mol. The maximum Gasteiger partial charge on any atom is 0.0431 e. The molecule has 0 aromatic carbocycles. The Kier molecular flexibility index (Phi) is 6.07. The number of rotatable bonds is 6. The summed E-state index contributed by atoms with van der Waals surface area (Å²) >= 11 is 0. The standard InChI is InChI=1S/C14H27NO/c1-11-6-4-7-12(2)14(11)10-15-13(3)8-5-9-16/h6,12-16H,4-5,7-10H2,1-3H3/t12-,13+,14+/m1/s1. The summed E-state index contributed by atoms with van der Waals surface area (Å²) in [7, 11) is 0. The van der Waals surface area contributed by atoms with Crippen molar-refractivity contribution in [2.75, 3.05) is 13.2 Å². The van der Waals surface area contributed by atoms with Gasteiger partial charge in [0, 0.05) is 19.2 Å². The third-order valence-electron chi connectivity index (χ3n) is 3.84. The summed E-state index contributed by atoms with van der Waals surface area (Å²) in [6, 6.07) is 0.522. The lowest BCUT2D eigenvalue weighted by atomic mass is 9.80. The second kappa shape index (κ2) is 7.08. The molecule has 0 fully saturated rings. The Hall–Kier alpha value is -0.340. The summed E-state index contributed by atoms with van der Waals surface area (Å²) in [4.78, 5) is 0. The molecule has 1 aliphatic carbocycles. The van der Waals surface area contributed by atoms with Crippen molar-refractivity contribution in [2.45, 2.75) is 52.5 Å². The smallest absolute Gasteiger partial charge is 0.0431 e. The molecule has 0 saturated heterocycles. The van der Waals surface area contributed by atoms with E-state index in [1.807, 2.05) is 0 Å². The maximum absolute atomic E-state index is 8.78. The Morgan fingerprint density at radius 3 is 2.94 bits per heavy atom. The molecule has 0 spiro atoms. The Morgan fingerprint density at radius 1 is 1.56 bits per heavy atom. The van der Waals surface area contributed by atoms with E-state index in [-0.39, 0.29) is 0 Å². The molecule has 2 nitrogen and oxygen atoms in total. The van der Waals surface area contributed by atoms with Gasteiger partial charge in [-0.05, 0) is 51.4 Å². The van der Waals surface area contributed by atoms with Gasteiger partial charge in [0.2, 0.25) is 0 Å². The number of allylic oxidation sites excluding steroid dienone is 1. The molecule has 1 aliphatic rings. The van der Waals surface area contributed by atoms with Crippen molar-refractivity contribution < 1.29 is 5.11 Å². The molecule has 0 aromatic heterocycles. The van der Waals surface area contributed by atoms with Gasteiger partial charge in [-0.3, -0.25) is 0 Å². The average Bonchev–Trinajstić information content (AvgIpc) is 2.25. The van der Waals surface area contributed by atoms with E-state index in [9.17, 15) is 0 Å². The Labute approximate surface area is 100 Å². The maximum atomic E-state index is 8.78.